The SMILES string of the molecule is C/C=C\CCc1cc(Cl)c(OC)cc1OC. The maximum Gasteiger partial charge on any atom is 0.141 e. The van der Waals surface area contributed by atoms with Crippen molar-refractivity contribution < 1.29 is 9.47 Å². The van der Waals surface area contributed by atoms with Crippen LogP contribution < -0.4 is 9.47 Å². The summed E-state index contributed by atoms with van der Waals surface area (Å²) in [6.45, 7) is 2.01. The summed E-state index contributed by atoms with van der Waals surface area (Å²) >= 11 is 6.07. The Labute approximate surface area is 102 Å². The number of allylic oxidation sites excluding steroid dienone is 2. The van der Waals surface area contributed by atoms with Gasteiger partial charge in [-0.05, 0) is 31.4 Å². The van der Waals surface area contributed by atoms with Crippen LogP contribution in [0.3, 0.4) is 0 Å². The van der Waals surface area contributed by atoms with Crippen LogP contribution in [0.4, 0.5) is 0 Å². The Balaban J connectivity index is 2.94. The lowest BCUT2D eigenvalue weighted by Gasteiger charge is -2.11. The number of methoxy groups -OCH3 is 2. The highest BCUT2D eigenvalue weighted by atomic mass is 35.5. The van der Waals surface area contributed by atoms with Gasteiger partial charge in [0.25, 0.3) is 0 Å². The fourth-order valence-corrected chi connectivity index (χ4v) is 1.79. The van der Waals surface area contributed by atoms with Crippen molar-refractivity contribution in [1.29, 1.82) is 0 Å². The number of hydrogen-bond acceptors (Lipinski definition) is 2. The van der Waals surface area contributed by atoms with Crippen LogP contribution in [0, 0.1) is 0 Å². The molecule has 0 aliphatic heterocycles. The number of hydrogen-bond donors (Lipinski definition) is 0. The van der Waals surface area contributed by atoms with Crippen molar-refractivity contribution in [3.8, 4) is 11.5 Å². The zero-order valence-electron chi connectivity index (χ0n) is 9.92. The molecule has 0 atom stereocenters. The van der Waals surface area contributed by atoms with Gasteiger partial charge in [-0.25, -0.2) is 0 Å². The fourth-order valence-electron chi connectivity index (χ4n) is 1.52. The maximum atomic E-state index is 6.07. The van der Waals surface area contributed by atoms with Crippen molar-refractivity contribution >= 4 is 11.6 Å². The van der Waals surface area contributed by atoms with E-state index >= 15 is 0 Å². The standard InChI is InChI=1S/C13H17ClO2/c1-4-5-6-7-10-8-11(14)13(16-3)9-12(10)15-2/h4-5,8-9H,6-7H2,1-3H3/b5-4-. The minimum Gasteiger partial charge on any atom is -0.496 e. The Kier molecular flexibility index (Phi) is 5.20. The van der Waals surface area contributed by atoms with E-state index in [0.717, 1.165) is 24.2 Å². The molecule has 0 N–H and O–H groups in total. The molecule has 2 nitrogen and oxygen atoms in total. The number of halogens is 1. The van der Waals surface area contributed by atoms with E-state index in [0.29, 0.717) is 10.8 Å². The van der Waals surface area contributed by atoms with E-state index < -0.39 is 0 Å². The summed E-state index contributed by atoms with van der Waals surface area (Å²) in [7, 11) is 3.25. The lowest BCUT2D eigenvalue weighted by molar-refractivity contribution is 0.391. The molecule has 0 amide bonds. The molecule has 0 saturated heterocycles. The van der Waals surface area contributed by atoms with Crippen LogP contribution in [0.5, 0.6) is 11.5 Å². The minimum absolute atomic E-state index is 0.624. The first-order valence-corrected chi connectivity index (χ1v) is 5.62. The molecule has 0 saturated carbocycles. The molecular formula is C13H17ClO2. The molecule has 0 heterocycles. The number of aryl methyl sites for hydroxylation is 1. The molecule has 0 aliphatic carbocycles. The molecule has 0 fully saturated rings. The first-order valence-electron chi connectivity index (χ1n) is 5.24. The molecule has 1 aromatic carbocycles. The third-order valence-electron chi connectivity index (χ3n) is 2.37. The molecule has 0 radical (unpaired) electrons. The second-order valence-electron chi connectivity index (χ2n) is 3.41. The van der Waals surface area contributed by atoms with Gasteiger partial charge in [0.2, 0.25) is 0 Å². The van der Waals surface area contributed by atoms with Gasteiger partial charge in [0.15, 0.2) is 0 Å². The van der Waals surface area contributed by atoms with Crippen LogP contribution in [-0.4, -0.2) is 14.2 Å². The van der Waals surface area contributed by atoms with E-state index in [1.807, 2.05) is 25.1 Å². The summed E-state index contributed by atoms with van der Waals surface area (Å²) < 4.78 is 10.5. The first-order chi connectivity index (χ1) is 7.72. The highest BCUT2D eigenvalue weighted by Gasteiger charge is 2.08. The maximum absolute atomic E-state index is 6.07. The summed E-state index contributed by atoms with van der Waals surface area (Å²) in [5, 5.41) is 0.624. The van der Waals surface area contributed by atoms with Gasteiger partial charge in [0, 0.05) is 6.07 Å². The van der Waals surface area contributed by atoms with Gasteiger partial charge >= 0.3 is 0 Å². The topological polar surface area (TPSA) is 18.5 Å². The van der Waals surface area contributed by atoms with Crippen LogP contribution in [-0.2, 0) is 6.42 Å². The molecular weight excluding hydrogens is 224 g/mol. The zero-order chi connectivity index (χ0) is 12.0. The Morgan fingerprint density at radius 1 is 1.19 bits per heavy atom. The predicted octanol–water partition coefficient (Wildman–Crippen LogP) is 3.87. The Morgan fingerprint density at radius 3 is 2.44 bits per heavy atom. The number of ether oxygens (including phenoxy) is 2. The Bertz CT molecular complexity index is 372. The average Bonchev–Trinajstić information content (AvgIpc) is 2.30. The number of benzene rings is 1. The molecule has 0 aromatic heterocycles. The van der Waals surface area contributed by atoms with Gasteiger partial charge in [0.1, 0.15) is 11.5 Å². The third kappa shape index (κ3) is 3.17. The lowest BCUT2D eigenvalue weighted by atomic mass is 10.1. The van der Waals surface area contributed by atoms with Crippen LogP contribution >= 0.6 is 11.6 Å². The molecule has 3 heteroatoms. The monoisotopic (exact) mass is 240 g/mol. The first kappa shape index (κ1) is 12.9. The molecule has 0 spiro atoms. The summed E-state index contributed by atoms with van der Waals surface area (Å²) in [6.07, 6.45) is 6.06. The highest BCUT2D eigenvalue weighted by molar-refractivity contribution is 6.32. The quantitative estimate of drug-likeness (QED) is 0.728. The fraction of sp³-hybridized carbons (Fsp3) is 0.385. The zero-order valence-corrected chi connectivity index (χ0v) is 10.7. The van der Waals surface area contributed by atoms with Gasteiger partial charge in [-0.15, -0.1) is 0 Å². The number of rotatable bonds is 5. The van der Waals surface area contributed by atoms with Crippen molar-refractivity contribution in [2.75, 3.05) is 14.2 Å². The van der Waals surface area contributed by atoms with Gasteiger partial charge in [-0.3, -0.25) is 0 Å². The summed E-state index contributed by atoms with van der Waals surface area (Å²) in [5.74, 6) is 1.47. The third-order valence-corrected chi connectivity index (χ3v) is 2.67. The highest BCUT2D eigenvalue weighted by Crippen LogP contribution is 2.33. The summed E-state index contributed by atoms with van der Waals surface area (Å²) in [4.78, 5) is 0. The largest absolute Gasteiger partial charge is 0.496 e. The van der Waals surface area contributed by atoms with Crippen LogP contribution in [0.25, 0.3) is 0 Å². The Hall–Kier alpha value is -1.15. The van der Waals surface area contributed by atoms with E-state index in [4.69, 9.17) is 21.1 Å². The van der Waals surface area contributed by atoms with Crippen molar-refractivity contribution in [3.63, 3.8) is 0 Å². The molecule has 88 valence electrons. The van der Waals surface area contributed by atoms with Gasteiger partial charge in [-0.1, -0.05) is 23.8 Å². The molecule has 1 rings (SSSR count). The van der Waals surface area contributed by atoms with Crippen LogP contribution in [0.2, 0.25) is 5.02 Å². The Morgan fingerprint density at radius 2 is 1.88 bits per heavy atom. The van der Waals surface area contributed by atoms with Crippen LogP contribution in [0.1, 0.15) is 18.9 Å². The van der Waals surface area contributed by atoms with E-state index in [-0.39, 0.29) is 0 Å². The minimum atomic E-state index is 0.624. The van der Waals surface area contributed by atoms with Crippen molar-refractivity contribution in [3.05, 3.63) is 34.9 Å². The molecule has 1 aromatic rings. The molecule has 0 bridgehead atoms. The summed E-state index contributed by atoms with van der Waals surface area (Å²) in [5.41, 5.74) is 1.10. The molecule has 0 aliphatic rings. The van der Waals surface area contributed by atoms with Crippen molar-refractivity contribution in [2.24, 2.45) is 0 Å². The van der Waals surface area contributed by atoms with Gasteiger partial charge < -0.3 is 9.47 Å². The molecule has 0 unspecified atom stereocenters. The van der Waals surface area contributed by atoms with Crippen molar-refractivity contribution in [2.45, 2.75) is 19.8 Å². The second kappa shape index (κ2) is 6.44. The lowest BCUT2D eigenvalue weighted by Crippen LogP contribution is -1.94. The predicted molar refractivity (Wildman–Crippen MR) is 67.7 cm³/mol. The summed E-state index contributed by atoms with van der Waals surface area (Å²) in [6, 6.07) is 3.73. The van der Waals surface area contributed by atoms with E-state index in [1.54, 1.807) is 14.2 Å². The normalized spacial score (nSPS) is 10.8. The van der Waals surface area contributed by atoms with E-state index in [9.17, 15) is 0 Å². The second-order valence-corrected chi connectivity index (χ2v) is 3.81. The van der Waals surface area contributed by atoms with Gasteiger partial charge in [-0.2, -0.15) is 0 Å². The smallest absolute Gasteiger partial charge is 0.141 e. The van der Waals surface area contributed by atoms with E-state index in [2.05, 4.69) is 6.08 Å². The van der Waals surface area contributed by atoms with Gasteiger partial charge in [0.05, 0.1) is 19.2 Å². The molecule has 16 heavy (non-hydrogen) atoms. The average molecular weight is 241 g/mol. The van der Waals surface area contributed by atoms with Crippen LogP contribution in [0.15, 0.2) is 24.3 Å². The van der Waals surface area contributed by atoms with Crippen molar-refractivity contribution in [1.82, 2.24) is 0 Å². The van der Waals surface area contributed by atoms with E-state index in [1.165, 1.54) is 0 Å².